The number of carbonyl (C=O) groups is 2. The first-order valence-electron chi connectivity index (χ1n) is 32.3. The smallest absolute Gasteiger partial charge is 0.212 e. The van der Waals surface area contributed by atoms with Crippen LogP contribution in [0.2, 0.25) is 0 Å². The Morgan fingerprint density at radius 2 is 0.486 bits per heavy atom. The fourth-order valence-electron chi connectivity index (χ4n) is 10.3. The summed E-state index contributed by atoms with van der Waals surface area (Å²) in [6.07, 6.45) is 54.5. The van der Waals surface area contributed by atoms with Gasteiger partial charge in [0.2, 0.25) is 10.2 Å². The van der Waals surface area contributed by atoms with Crippen molar-refractivity contribution in [3.63, 3.8) is 0 Å². The molecule has 0 heterocycles. The van der Waals surface area contributed by atoms with Crippen molar-refractivity contribution in [2.75, 3.05) is 50.8 Å². The van der Waals surface area contributed by atoms with Crippen LogP contribution in [0.15, 0.2) is 12.2 Å². The third-order valence-electron chi connectivity index (χ3n) is 15.1. The zero-order chi connectivity index (χ0) is 54.2. The molecule has 0 fully saturated rings. The normalized spacial score (nSPS) is 13.7. The minimum Gasteiger partial charge on any atom is -0.392 e. The van der Waals surface area contributed by atoms with E-state index in [1.165, 1.54) is 241 Å². The lowest BCUT2D eigenvalue weighted by Gasteiger charge is -2.27. The maximum atomic E-state index is 13.0. The fraction of sp³-hybridized carbons (Fsp3) is 0.938. The minimum atomic E-state index is -0.458. The summed E-state index contributed by atoms with van der Waals surface area (Å²) in [6.45, 7) is 12.2. The van der Waals surface area contributed by atoms with Gasteiger partial charge in [0.1, 0.15) is 0 Å². The average molecular weight is 1080 g/mol. The molecule has 8 nitrogen and oxygen atoms in total. The lowest BCUT2D eigenvalue weighted by Crippen LogP contribution is -2.39. The van der Waals surface area contributed by atoms with Crippen molar-refractivity contribution in [1.82, 2.24) is 9.80 Å². The van der Waals surface area contributed by atoms with Crippen LogP contribution in [0.5, 0.6) is 0 Å². The number of nitrogens with zero attached hydrogens (tertiary/aromatic N) is 2. The molecule has 0 aliphatic heterocycles. The predicted octanol–water partition coefficient (Wildman–Crippen LogP) is 17.4. The van der Waals surface area contributed by atoms with Gasteiger partial charge in [-0.3, -0.25) is 19.4 Å². The van der Waals surface area contributed by atoms with Crippen LogP contribution in [0.25, 0.3) is 0 Å². The maximum Gasteiger partial charge on any atom is 0.212 e. The Bertz CT molecular complexity index is 1040. The Labute approximate surface area is 468 Å². The molecule has 0 aromatic carbocycles. The van der Waals surface area contributed by atoms with Crippen LogP contribution in [0, 0.1) is 0 Å². The van der Waals surface area contributed by atoms with E-state index >= 15 is 0 Å². The Kier molecular flexibility index (Phi) is 58.3. The van der Waals surface area contributed by atoms with E-state index in [-0.39, 0.29) is 10.2 Å². The van der Waals surface area contributed by atoms with Crippen LogP contribution in [-0.4, -0.2) is 116 Å². The number of aliphatic hydroxyl groups is 4. The average Bonchev–Trinajstić information content (AvgIpc) is 3.37. The van der Waals surface area contributed by atoms with E-state index in [9.17, 15) is 30.0 Å². The Morgan fingerprint density at radius 3 is 0.676 bits per heavy atom. The topological polar surface area (TPSA) is 122 Å². The summed E-state index contributed by atoms with van der Waals surface area (Å²) in [5.41, 5.74) is 0. The lowest BCUT2D eigenvalue weighted by molar-refractivity contribution is -0.109. The molecule has 4 atom stereocenters. The van der Waals surface area contributed by atoms with E-state index in [4.69, 9.17) is 0 Å². The second-order valence-electron chi connectivity index (χ2n) is 22.7. The molecule has 0 rings (SSSR count). The van der Waals surface area contributed by atoms with Gasteiger partial charge in [0, 0.05) is 50.8 Å². The third-order valence-corrected chi connectivity index (χ3v) is 16.7. The van der Waals surface area contributed by atoms with Crippen molar-refractivity contribution < 1.29 is 30.0 Å². The van der Waals surface area contributed by atoms with Crippen molar-refractivity contribution >= 4 is 33.8 Å². The quantitative estimate of drug-likeness (QED) is 0.0346. The number of carbonyl (C=O) groups excluding carboxylic acids is 2. The molecule has 440 valence electrons. The van der Waals surface area contributed by atoms with Gasteiger partial charge < -0.3 is 20.4 Å². The summed E-state index contributed by atoms with van der Waals surface area (Å²) >= 11 is 2.37. The SMILES string of the molecule is CCCCCCCCCCCCC(O)CN(CCSC(=O)/C=C\C(=O)SCCN(CC(O)CCCCCCCCCCCC)CC(O)CCCCCCCCCCCC)CC(O)CCCCCCCCCCCC. The van der Waals surface area contributed by atoms with Crippen LogP contribution in [-0.2, 0) is 9.59 Å². The zero-order valence-electron chi connectivity index (χ0n) is 49.5. The van der Waals surface area contributed by atoms with E-state index in [0.717, 1.165) is 77.0 Å². The molecule has 0 bridgehead atoms. The summed E-state index contributed by atoms with van der Waals surface area (Å²) in [5, 5.41) is 44.0. The largest absolute Gasteiger partial charge is 0.392 e. The van der Waals surface area contributed by atoms with Gasteiger partial charge in [0.05, 0.1) is 24.4 Å². The van der Waals surface area contributed by atoms with E-state index in [1.807, 2.05) is 0 Å². The standard InChI is InChI=1S/C64H126N2O6S2/c1-5-9-13-17-21-25-29-33-37-41-45-59(67)55-65(56-60(68)46-42-38-34-30-26-22-18-14-10-6-2)51-53-73-63(71)49-50-64(72)74-54-52-66(57-61(69)47-43-39-35-31-27-23-19-15-11-7-3)58-62(70)48-44-40-36-32-28-24-20-16-12-8-4/h49-50,59-62,67-70H,5-48,51-58H2,1-4H3/b50-49-. The van der Waals surface area contributed by atoms with E-state index in [2.05, 4.69) is 37.5 Å². The highest BCUT2D eigenvalue weighted by Crippen LogP contribution is 2.19. The van der Waals surface area contributed by atoms with Gasteiger partial charge in [-0.15, -0.1) is 0 Å². The summed E-state index contributed by atoms with van der Waals surface area (Å²) < 4.78 is 0. The zero-order valence-corrected chi connectivity index (χ0v) is 51.2. The molecule has 0 aromatic rings. The number of rotatable bonds is 60. The number of unbranched alkanes of at least 4 members (excludes halogenated alkanes) is 36. The first kappa shape index (κ1) is 73.5. The van der Waals surface area contributed by atoms with Crippen LogP contribution in [0.3, 0.4) is 0 Å². The predicted molar refractivity (Wildman–Crippen MR) is 327 cm³/mol. The lowest BCUT2D eigenvalue weighted by atomic mass is 10.0. The fourth-order valence-corrected chi connectivity index (χ4v) is 11.8. The number of hydrogen-bond donors (Lipinski definition) is 4. The van der Waals surface area contributed by atoms with E-state index in [0.29, 0.717) is 50.8 Å². The second kappa shape index (κ2) is 58.7. The Balaban J connectivity index is 5.05. The molecular weight excluding hydrogens is 957 g/mol. The van der Waals surface area contributed by atoms with Crippen molar-refractivity contribution in [2.45, 2.75) is 335 Å². The van der Waals surface area contributed by atoms with Gasteiger partial charge in [0.25, 0.3) is 0 Å². The van der Waals surface area contributed by atoms with Gasteiger partial charge in [-0.05, 0) is 37.8 Å². The molecule has 4 unspecified atom stereocenters. The van der Waals surface area contributed by atoms with Crippen LogP contribution >= 0.6 is 23.5 Å². The van der Waals surface area contributed by atoms with Gasteiger partial charge >= 0.3 is 0 Å². The molecule has 0 saturated heterocycles. The van der Waals surface area contributed by atoms with Gasteiger partial charge in [-0.2, -0.15) is 0 Å². The molecule has 0 saturated carbocycles. The molecule has 0 aliphatic rings. The third kappa shape index (κ3) is 54.9. The van der Waals surface area contributed by atoms with Crippen molar-refractivity contribution in [3.8, 4) is 0 Å². The van der Waals surface area contributed by atoms with Gasteiger partial charge in [-0.1, -0.05) is 308 Å². The van der Waals surface area contributed by atoms with Crippen LogP contribution in [0.4, 0.5) is 0 Å². The van der Waals surface area contributed by atoms with E-state index in [1.54, 1.807) is 0 Å². The van der Waals surface area contributed by atoms with Gasteiger partial charge in [0.15, 0.2) is 0 Å². The summed E-state index contributed by atoms with van der Waals surface area (Å²) in [6, 6.07) is 0. The molecule has 0 aliphatic carbocycles. The summed E-state index contributed by atoms with van der Waals surface area (Å²) in [5.74, 6) is 1.05. The summed E-state index contributed by atoms with van der Waals surface area (Å²) in [7, 11) is 0. The molecule has 0 radical (unpaired) electrons. The first-order chi connectivity index (χ1) is 36.1. The maximum absolute atomic E-state index is 13.0. The molecular formula is C64H126N2O6S2. The molecule has 10 heteroatoms. The van der Waals surface area contributed by atoms with Crippen molar-refractivity contribution in [3.05, 3.63) is 12.2 Å². The monoisotopic (exact) mass is 1080 g/mol. The molecule has 0 amide bonds. The van der Waals surface area contributed by atoms with Crippen molar-refractivity contribution in [2.24, 2.45) is 0 Å². The molecule has 0 aromatic heterocycles. The van der Waals surface area contributed by atoms with E-state index < -0.39 is 24.4 Å². The number of hydrogen-bond acceptors (Lipinski definition) is 10. The Morgan fingerprint density at radius 1 is 0.311 bits per heavy atom. The van der Waals surface area contributed by atoms with Crippen molar-refractivity contribution in [1.29, 1.82) is 0 Å². The molecule has 4 N–H and O–H groups in total. The highest BCUT2D eigenvalue weighted by Gasteiger charge is 2.18. The number of thioether (sulfide) groups is 2. The van der Waals surface area contributed by atoms with Crippen LogP contribution in [0.1, 0.15) is 310 Å². The highest BCUT2D eigenvalue weighted by molar-refractivity contribution is 8.14. The molecule has 0 spiro atoms. The molecule has 74 heavy (non-hydrogen) atoms. The minimum absolute atomic E-state index is 0.164. The Hall–Kier alpha value is -0.460. The first-order valence-corrected chi connectivity index (χ1v) is 34.3. The highest BCUT2D eigenvalue weighted by atomic mass is 32.2. The second-order valence-corrected chi connectivity index (χ2v) is 24.9. The number of aliphatic hydroxyl groups excluding tert-OH is 4. The van der Waals surface area contributed by atoms with Crippen LogP contribution < -0.4 is 0 Å². The summed E-state index contributed by atoms with van der Waals surface area (Å²) in [4.78, 5) is 30.2. The van der Waals surface area contributed by atoms with Gasteiger partial charge in [-0.25, -0.2) is 0 Å².